The van der Waals surface area contributed by atoms with E-state index in [0.717, 1.165) is 5.56 Å². The smallest absolute Gasteiger partial charge is 0.269 e. The number of aliphatic hydroxyl groups is 1. The van der Waals surface area contributed by atoms with E-state index in [1.165, 1.54) is 10.6 Å². The van der Waals surface area contributed by atoms with Crippen LogP contribution in [0, 0.1) is 10.1 Å². The van der Waals surface area contributed by atoms with Crippen LogP contribution >= 0.6 is 7.92 Å². The van der Waals surface area contributed by atoms with Gasteiger partial charge in [-0.05, 0) is 30.5 Å². The maximum atomic E-state index is 11.0. The Bertz CT molecular complexity index is 799. The highest BCUT2D eigenvalue weighted by Gasteiger charge is 2.26. The van der Waals surface area contributed by atoms with Gasteiger partial charge in [0.05, 0.1) is 4.92 Å². The Hall–Kier alpha value is -2.55. The van der Waals surface area contributed by atoms with Gasteiger partial charge in [-0.15, -0.1) is 0 Å². The Balaban J connectivity index is 2.07. The molecule has 0 bridgehead atoms. The lowest BCUT2D eigenvalue weighted by atomic mass is 10.1. The van der Waals surface area contributed by atoms with Crippen LogP contribution in [0.5, 0.6) is 0 Å². The van der Waals surface area contributed by atoms with Crippen LogP contribution in [0.1, 0.15) is 17.6 Å². The van der Waals surface area contributed by atoms with E-state index in [-0.39, 0.29) is 22.9 Å². The molecule has 1 atom stereocenters. The molecule has 0 amide bonds. The van der Waals surface area contributed by atoms with E-state index in [2.05, 4.69) is 24.3 Å². The normalized spacial score (nSPS) is 12.1. The molecule has 0 heterocycles. The highest BCUT2D eigenvalue weighted by molar-refractivity contribution is 7.73. The zero-order valence-corrected chi connectivity index (χ0v) is 15.1. The zero-order chi connectivity index (χ0) is 18.4. The molecule has 0 saturated carbocycles. The van der Waals surface area contributed by atoms with Gasteiger partial charge >= 0.3 is 0 Å². The number of hydrogen-bond acceptors (Lipinski definition) is 3. The third-order valence-corrected chi connectivity index (χ3v) is 7.16. The van der Waals surface area contributed by atoms with Crippen LogP contribution in [-0.4, -0.2) is 16.6 Å². The average molecular weight is 365 g/mol. The third-order valence-electron chi connectivity index (χ3n) is 4.27. The summed E-state index contributed by atoms with van der Waals surface area (Å²) in [7, 11) is -0.751. The van der Waals surface area contributed by atoms with Gasteiger partial charge in [-0.25, -0.2) is 0 Å². The Labute approximate surface area is 154 Å². The van der Waals surface area contributed by atoms with Crippen molar-refractivity contribution in [3.05, 3.63) is 101 Å². The topological polar surface area (TPSA) is 63.4 Å². The molecule has 0 saturated heterocycles. The number of nitro groups is 1. The second kappa shape index (κ2) is 8.70. The number of rotatable bonds is 7. The highest BCUT2D eigenvalue weighted by atomic mass is 31.1. The summed E-state index contributed by atoms with van der Waals surface area (Å²) in [4.78, 5) is 10.6. The number of benzene rings is 3. The average Bonchev–Trinajstić information content (AvgIpc) is 2.69. The van der Waals surface area contributed by atoms with Gasteiger partial charge in [-0.1, -0.05) is 72.8 Å². The van der Waals surface area contributed by atoms with Crippen LogP contribution in [-0.2, 0) is 0 Å². The lowest BCUT2D eigenvalue weighted by Gasteiger charge is -2.28. The number of hydrogen-bond donors (Lipinski definition) is 1. The Morgan fingerprint density at radius 2 is 1.35 bits per heavy atom. The van der Waals surface area contributed by atoms with Crippen molar-refractivity contribution in [1.29, 1.82) is 0 Å². The predicted octanol–water partition coefficient (Wildman–Crippen LogP) is 4.15. The molecule has 0 radical (unpaired) electrons. The predicted molar refractivity (Wildman–Crippen MR) is 107 cm³/mol. The lowest BCUT2D eigenvalue weighted by molar-refractivity contribution is -0.384. The fraction of sp³-hybridized carbons (Fsp3) is 0.143. The third kappa shape index (κ3) is 4.16. The van der Waals surface area contributed by atoms with Crippen molar-refractivity contribution in [2.24, 2.45) is 0 Å². The molecule has 5 heteroatoms. The summed E-state index contributed by atoms with van der Waals surface area (Å²) < 4.78 is 0. The van der Waals surface area contributed by atoms with Gasteiger partial charge in [-0.3, -0.25) is 10.1 Å². The molecular formula is C21H20NO3P. The monoisotopic (exact) mass is 365 g/mol. The molecule has 0 fully saturated rings. The summed E-state index contributed by atoms with van der Waals surface area (Å²) in [6.45, 7) is 0.0696. The first kappa shape index (κ1) is 18.2. The lowest BCUT2D eigenvalue weighted by Crippen LogP contribution is -2.18. The SMILES string of the molecule is O=[N+]([O-])c1ccc([C@H](CCO)P(c2ccccc2)c2ccccc2)cc1. The summed E-state index contributed by atoms with van der Waals surface area (Å²) in [6, 6.07) is 27.3. The van der Waals surface area contributed by atoms with Crippen molar-refractivity contribution < 1.29 is 10.0 Å². The molecule has 132 valence electrons. The number of aliphatic hydroxyl groups excluding tert-OH is 1. The first-order valence-corrected chi connectivity index (χ1v) is 9.86. The maximum absolute atomic E-state index is 11.0. The molecule has 4 nitrogen and oxygen atoms in total. The van der Waals surface area contributed by atoms with Crippen LogP contribution < -0.4 is 10.6 Å². The number of non-ortho nitro benzene ring substituents is 1. The van der Waals surface area contributed by atoms with Crippen molar-refractivity contribution in [2.75, 3.05) is 6.61 Å². The van der Waals surface area contributed by atoms with Crippen LogP contribution in [0.2, 0.25) is 0 Å². The van der Waals surface area contributed by atoms with E-state index in [1.807, 2.05) is 48.5 Å². The van der Waals surface area contributed by atoms with Crippen molar-refractivity contribution >= 4 is 24.2 Å². The number of nitrogens with zero attached hydrogens (tertiary/aromatic N) is 1. The molecule has 0 aliphatic heterocycles. The molecule has 0 aliphatic carbocycles. The van der Waals surface area contributed by atoms with E-state index in [9.17, 15) is 15.2 Å². The molecule has 1 N–H and O–H groups in total. The summed E-state index contributed by atoms with van der Waals surface area (Å²) in [6.07, 6.45) is 0.604. The molecule has 3 aromatic carbocycles. The van der Waals surface area contributed by atoms with Gasteiger partial charge in [0.15, 0.2) is 0 Å². The van der Waals surface area contributed by atoms with Gasteiger partial charge < -0.3 is 5.11 Å². The second-order valence-corrected chi connectivity index (χ2v) is 8.31. The summed E-state index contributed by atoms with van der Waals surface area (Å²) in [5.74, 6) is 0. The summed E-state index contributed by atoms with van der Waals surface area (Å²) >= 11 is 0. The van der Waals surface area contributed by atoms with E-state index in [0.29, 0.717) is 6.42 Å². The van der Waals surface area contributed by atoms with Gasteiger partial charge in [0.1, 0.15) is 0 Å². The molecule has 0 unspecified atom stereocenters. The highest BCUT2D eigenvalue weighted by Crippen LogP contribution is 2.51. The zero-order valence-electron chi connectivity index (χ0n) is 14.2. The summed E-state index contributed by atoms with van der Waals surface area (Å²) in [5.41, 5.74) is 1.18. The minimum Gasteiger partial charge on any atom is -0.396 e. The van der Waals surface area contributed by atoms with Gasteiger partial charge in [0.2, 0.25) is 0 Å². The molecule has 26 heavy (non-hydrogen) atoms. The van der Waals surface area contributed by atoms with E-state index < -0.39 is 7.92 Å². The van der Waals surface area contributed by atoms with Gasteiger partial charge in [-0.2, -0.15) is 0 Å². The van der Waals surface area contributed by atoms with Crippen LogP contribution in [0.3, 0.4) is 0 Å². The number of nitro benzene ring substituents is 1. The van der Waals surface area contributed by atoms with Crippen molar-refractivity contribution in [2.45, 2.75) is 12.1 Å². The van der Waals surface area contributed by atoms with E-state index in [4.69, 9.17) is 0 Å². The van der Waals surface area contributed by atoms with Crippen molar-refractivity contribution in [3.8, 4) is 0 Å². The van der Waals surface area contributed by atoms with E-state index in [1.54, 1.807) is 12.1 Å². The molecule has 0 spiro atoms. The Kier molecular flexibility index (Phi) is 6.11. The molecule has 0 aliphatic rings. The second-order valence-electron chi connectivity index (χ2n) is 5.92. The Morgan fingerprint density at radius 1 is 0.846 bits per heavy atom. The molecule has 0 aromatic heterocycles. The largest absolute Gasteiger partial charge is 0.396 e. The molecule has 3 aromatic rings. The van der Waals surface area contributed by atoms with Crippen LogP contribution in [0.25, 0.3) is 0 Å². The minimum absolute atomic E-state index is 0.0696. The van der Waals surface area contributed by atoms with Gasteiger partial charge in [0.25, 0.3) is 5.69 Å². The van der Waals surface area contributed by atoms with Crippen LogP contribution in [0.15, 0.2) is 84.9 Å². The molecule has 3 rings (SSSR count). The quantitative estimate of drug-likeness (QED) is 0.389. The minimum atomic E-state index is -0.751. The van der Waals surface area contributed by atoms with E-state index >= 15 is 0 Å². The molecular weight excluding hydrogens is 345 g/mol. The maximum Gasteiger partial charge on any atom is 0.269 e. The standard InChI is InChI=1S/C21H20NO3P/c23-16-15-21(17-11-13-18(14-12-17)22(24)25)26(19-7-3-1-4-8-19)20-9-5-2-6-10-20/h1-14,21,23H,15-16H2/t21-/m0/s1. The van der Waals surface area contributed by atoms with Gasteiger partial charge in [0, 0.05) is 24.4 Å². The first-order chi connectivity index (χ1) is 12.7. The van der Waals surface area contributed by atoms with Crippen molar-refractivity contribution in [1.82, 2.24) is 0 Å². The fourth-order valence-corrected chi connectivity index (χ4v) is 5.92. The van der Waals surface area contributed by atoms with Crippen LogP contribution in [0.4, 0.5) is 5.69 Å². The Morgan fingerprint density at radius 3 is 1.77 bits per heavy atom. The summed E-state index contributed by atoms with van der Waals surface area (Å²) in [5, 5.41) is 23.1. The van der Waals surface area contributed by atoms with Crippen molar-refractivity contribution in [3.63, 3.8) is 0 Å². The first-order valence-electron chi connectivity index (χ1n) is 8.45. The fourth-order valence-electron chi connectivity index (χ4n) is 3.07.